The predicted molar refractivity (Wildman–Crippen MR) is 107 cm³/mol. The summed E-state index contributed by atoms with van der Waals surface area (Å²) in [5.74, 6) is -0.817. The third kappa shape index (κ3) is 3.46. The number of methoxy groups -OCH3 is 1. The molecular weight excluding hydrogens is 442 g/mol. The number of nitrogens with zero attached hydrogens (tertiary/aromatic N) is 4. The van der Waals surface area contributed by atoms with E-state index in [1.165, 1.54) is 12.1 Å². The van der Waals surface area contributed by atoms with E-state index in [0.717, 1.165) is 9.37 Å². The van der Waals surface area contributed by atoms with Crippen LogP contribution in [0, 0.1) is 0 Å². The standard InChI is InChI=1S/C19H16BrN5O4/c1-29-14-5-3-2-4-13(14)21-15(26)10-24-17-16(22-23-24)18(27)25(19(17)28)12-8-6-11(20)7-9-12/h2-9,16-17H,10H2,1H3,(H,21,26)/t16-,17-/m1/s1. The lowest BCUT2D eigenvalue weighted by Gasteiger charge is -2.20. The molecule has 0 radical (unpaired) electrons. The van der Waals surface area contributed by atoms with Crippen molar-refractivity contribution in [3.05, 3.63) is 53.0 Å². The molecule has 2 aliphatic rings. The summed E-state index contributed by atoms with van der Waals surface area (Å²) in [4.78, 5) is 39.2. The summed E-state index contributed by atoms with van der Waals surface area (Å²) in [6, 6.07) is 11.9. The molecule has 29 heavy (non-hydrogen) atoms. The molecule has 9 nitrogen and oxygen atoms in total. The first-order valence-electron chi connectivity index (χ1n) is 8.73. The molecule has 0 unspecified atom stereocenters. The van der Waals surface area contributed by atoms with Crippen LogP contribution in [0.5, 0.6) is 5.75 Å². The zero-order valence-electron chi connectivity index (χ0n) is 15.3. The van der Waals surface area contributed by atoms with Crippen molar-refractivity contribution in [3.8, 4) is 5.75 Å². The highest BCUT2D eigenvalue weighted by atomic mass is 79.9. The van der Waals surface area contributed by atoms with Gasteiger partial charge in [-0.15, -0.1) is 0 Å². The van der Waals surface area contributed by atoms with Crippen LogP contribution in [0.1, 0.15) is 0 Å². The fourth-order valence-electron chi connectivity index (χ4n) is 3.28. The zero-order valence-corrected chi connectivity index (χ0v) is 16.9. The van der Waals surface area contributed by atoms with Gasteiger partial charge in [-0.25, -0.2) is 4.90 Å². The number of rotatable bonds is 5. The van der Waals surface area contributed by atoms with Gasteiger partial charge in [0.1, 0.15) is 12.3 Å². The molecule has 2 aromatic rings. The highest BCUT2D eigenvalue weighted by Crippen LogP contribution is 2.32. The smallest absolute Gasteiger partial charge is 0.263 e. The quantitative estimate of drug-likeness (QED) is 0.694. The Morgan fingerprint density at radius 2 is 1.86 bits per heavy atom. The molecular formula is C19H16BrN5O4. The normalized spacial score (nSPS) is 20.2. The number of para-hydroxylation sites is 2. The number of carbonyl (C=O) groups excluding carboxylic acids is 3. The lowest BCUT2D eigenvalue weighted by Crippen LogP contribution is -2.43. The van der Waals surface area contributed by atoms with Gasteiger partial charge in [0.15, 0.2) is 12.1 Å². The van der Waals surface area contributed by atoms with Crippen LogP contribution in [0.4, 0.5) is 11.4 Å². The minimum absolute atomic E-state index is 0.226. The Hall–Kier alpha value is -3.27. The van der Waals surface area contributed by atoms with Crippen LogP contribution in [0.15, 0.2) is 63.3 Å². The van der Waals surface area contributed by atoms with Crippen LogP contribution in [0.25, 0.3) is 0 Å². The van der Waals surface area contributed by atoms with Crippen LogP contribution < -0.4 is 15.0 Å². The van der Waals surface area contributed by atoms with Crippen LogP contribution in [-0.4, -0.2) is 48.5 Å². The SMILES string of the molecule is COc1ccccc1NC(=O)CN1N=N[C@H]2C(=O)N(c3ccc(Br)cc3)C(=O)[C@@H]21. The molecule has 0 saturated carbocycles. The van der Waals surface area contributed by atoms with E-state index in [1.807, 2.05) is 0 Å². The number of hydrogen-bond acceptors (Lipinski definition) is 7. The molecule has 4 rings (SSSR count). The van der Waals surface area contributed by atoms with Gasteiger partial charge >= 0.3 is 0 Å². The molecule has 2 aliphatic heterocycles. The summed E-state index contributed by atoms with van der Waals surface area (Å²) in [5.41, 5.74) is 0.948. The summed E-state index contributed by atoms with van der Waals surface area (Å²) in [5, 5.41) is 11.8. The number of imide groups is 1. The Morgan fingerprint density at radius 3 is 2.59 bits per heavy atom. The molecule has 1 N–H and O–H groups in total. The maximum Gasteiger partial charge on any atom is 0.263 e. The van der Waals surface area contributed by atoms with Crippen molar-refractivity contribution in [2.75, 3.05) is 23.9 Å². The Labute approximate surface area is 174 Å². The highest BCUT2D eigenvalue weighted by Gasteiger charge is 2.55. The minimum Gasteiger partial charge on any atom is -0.495 e. The number of amides is 3. The first kappa shape index (κ1) is 19.1. The van der Waals surface area contributed by atoms with E-state index in [-0.39, 0.29) is 6.54 Å². The second-order valence-corrected chi connectivity index (χ2v) is 7.34. The van der Waals surface area contributed by atoms with Crippen LogP contribution in [0.3, 0.4) is 0 Å². The molecule has 0 spiro atoms. The fourth-order valence-corrected chi connectivity index (χ4v) is 3.55. The zero-order chi connectivity index (χ0) is 20.5. The topological polar surface area (TPSA) is 104 Å². The van der Waals surface area contributed by atoms with Crippen LogP contribution >= 0.6 is 15.9 Å². The van der Waals surface area contributed by atoms with E-state index in [9.17, 15) is 14.4 Å². The summed E-state index contributed by atoms with van der Waals surface area (Å²) in [7, 11) is 1.50. The van der Waals surface area contributed by atoms with Crippen molar-refractivity contribution >= 4 is 45.0 Å². The van der Waals surface area contributed by atoms with Gasteiger partial charge in [-0.1, -0.05) is 33.3 Å². The minimum atomic E-state index is -0.954. The van der Waals surface area contributed by atoms with Crippen molar-refractivity contribution in [3.63, 3.8) is 0 Å². The van der Waals surface area contributed by atoms with E-state index in [1.54, 1.807) is 48.5 Å². The number of halogens is 1. The van der Waals surface area contributed by atoms with E-state index < -0.39 is 29.8 Å². The third-order valence-corrected chi connectivity index (χ3v) is 5.16. The number of fused-ring (bicyclic) bond motifs is 1. The Balaban J connectivity index is 1.49. The lowest BCUT2D eigenvalue weighted by atomic mass is 10.1. The number of nitrogens with one attached hydrogen (secondary N) is 1. The van der Waals surface area contributed by atoms with Gasteiger partial charge in [0.2, 0.25) is 5.91 Å². The Bertz CT molecular complexity index is 1010. The summed E-state index contributed by atoms with van der Waals surface area (Å²) >= 11 is 3.32. The van der Waals surface area contributed by atoms with E-state index in [2.05, 4.69) is 31.6 Å². The number of anilines is 2. The molecule has 0 aromatic heterocycles. The Kier molecular flexibility index (Phi) is 5.01. The maximum absolute atomic E-state index is 12.9. The van der Waals surface area contributed by atoms with Gasteiger partial charge in [-0.3, -0.25) is 19.4 Å². The van der Waals surface area contributed by atoms with Crippen molar-refractivity contribution in [1.82, 2.24) is 5.01 Å². The molecule has 2 heterocycles. The third-order valence-electron chi connectivity index (χ3n) is 4.63. The molecule has 0 bridgehead atoms. The molecule has 3 amide bonds. The first-order valence-corrected chi connectivity index (χ1v) is 9.52. The Morgan fingerprint density at radius 1 is 1.14 bits per heavy atom. The summed E-state index contributed by atoms with van der Waals surface area (Å²) in [6.45, 7) is -0.226. The molecule has 0 aliphatic carbocycles. The average Bonchev–Trinajstić information content (AvgIpc) is 3.23. The largest absolute Gasteiger partial charge is 0.495 e. The van der Waals surface area contributed by atoms with Gasteiger partial charge in [-0.2, -0.15) is 5.11 Å². The maximum atomic E-state index is 12.9. The van der Waals surface area contributed by atoms with Gasteiger partial charge in [0.25, 0.3) is 11.8 Å². The molecule has 1 fully saturated rings. The molecule has 10 heteroatoms. The van der Waals surface area contributed by atoms with Crippen LogP contribution in [0.2, 0.25) is 0 Å². The predicted octanol–water partition coefficient (Wildman–Crippen LogP) is 2.39. The van der Waals surface area contributed by atoms with Gasteiger partial charge < -0.3 is 10.1 Å². The second kappa shape index (κ2) is 7.63. The fraction of sp³-hybridized carbons (Fsp3) is 0.211. The number of carbonyl (C=O) groups is 3. The number of benzene rings is 2. The summed E-state index contributed by atoms with van der Waals surface area (Å²) < 4.78 is 6.04. The van der Waals surface area contributed by atoms with Gasteiger partial charge in [-0.05, 0) is 36.4 Å². The van der Waals surface area contributed by atoms with Crippen molar-refractivity contribution in [2.24, 2.45) is 10.3 Å². The lowest BCUT2D eigenvalue weighted by molar-refractivity contribution is -0.123. The van der Waals surface area contributed by atoms with Gasteiger partial charge in [0, 0.05) is 4.47 Å². The molecule has 1 saturated heterocycles. The van der Waals surface area contributed by atoms with E-state index >= 15 is 0 Å². The van der Waals surface area contributed by atoms with Crippen molar-refractivity contribution in [1.29, 1.82) is 0 Å². The van der Waals surface area contributed by atoms with E-state index in [0.29, 0.717) is 17.1 Å². The number of ether oxygens (including phenoxy) is 1. The van der Waals surface area contributed by atoms with E-state index in [4.69, 9.17) is 4.74 Å². The summed E-state index contributed by atoms with van der Waals surface area (Å²) in [6.07, 6.45) is 0. The molecule has 148 valence electrons. The van der Waals surface area contributed by atoms with Crippen molar-refractivity contribution in [2.45, 2.75) is 12.1 Å². The molecule has 2 aromatic carbocycles. The monoisotopic (exact) mass is 457 g/mol. The highest BCUT2D eigenvalue weighted by molar-refractivity contribution is 9.10. The average molecular weight is 458 g/mol. The first-order chi connectivity index (χ1) is 14.0. The second-order valence-electron chi connectivity index (χ2n) is 6.43. The number of hydrogen-bond donors (Lipinski definition) is 1. The van der Waals surface area contributed by atoms with Gasteiger partial charge in [0.05, 0.1) is 18.5 Å². The molecule has 2 atom stereocenters. The van der Waals surface area contributed by atoms with Crippen LogP contribution in [-0.2, 0) is 14.4 Å². The van der Waals surface area contributed by atoms with Crippen molar-refractivity contribution < 1.29 is 19.1 Å².